The first kappa shape index (κ1) is 14.3. The van der Waals surface area contributed by atoms with Crippen molar-refractivity contribution in [1.29, 1.82) is 0 Å². The molecule has 0 N–H and O–H groups in total. The molecule has 5 heteroatoms. The Balaban J connectivity index is 2.26. The normalized spacial score (nSPS) is 21.7. The van der Waals surface area contributed by atoms with Crippen molar-refractivity contribution in [3.05, 3.63) is 23.5 Å². The second kappa shape index (κ2) is 6.87. The lowest BCUT2D eigenvalue weighted by atomic mass is 9.84. The zero-order valence-corrected chi connectivity index (χ0v) is 14.5. The number of nitrogens with zero attached hydrogens (tertiary/aromatic N) is 1. The molecule has 0 fully saturated rings. The number of hydrogen-bond donors (Lipinski definition) is 0. The van der Waals surface area contributed by atoms with E-state index in [0.717, 1.165) is 13.9 Å². The number of aromatic nitrogens is 1. The van der Waals surface area contributed by atoms with E-state index in [4.69, 9.17) is 0 Å². The monoisotopic (exact) mass is 303 g/mol. The van der Waals surface area contributed by atoms with Crippen LogP contribution in [0.4, 0.5) is 0 Å². The van der Waals surface area contributed by atoms with Gasteiger partial charge >= 0.3 is 0 Å². The van der Waals surface area contributed by atoms with Gasteiger partial charge in [-0.25, -0.2) is 0 Å². The first-order chi connectivity index (χ1) is 8.26. The Bertz CT molecular complexity index is 383. The summed E-state index contributed by atoms with van der Waals surface area (Å²) in [4.78, 5) is 4.59. The molecule has 1 nitrogen and oxygen atoms in total. The van der Waals surface area contributed by atoms with Crippen LogP contribution in [0.2, 0.25) is 0 Å². The summed E-state index contributed by atoms with van der Waals surface area (Å²) in [6.45, 7) is 2.30. The Morgan fingerprint density at radius 3 is 3.12 bits per heavy atom. The molecule has 0 saturated carbocycles. The first-order valence-electron chi connectivity index (χ1n) is 6.24. The molecule has 1 heterocycles. The number of aryl methyl sites for hydroxylation is 1. The van der Waals surface area contributed by atoms with Crippen molar-refractivity contribution in [2.75, 3.05) is 0 Å². The van der Waals surface area contributed by atoms with Gasteiger partial charge in [-0.05, 0) is 49.4 Å². The zero-order chi connectivity index (χ0) is 12.3. The van der Waals surface area contributed by atoms with E-state index in [2.05, 4.69) is 35.8 Å². The predicted octanol–water partition coefficient (Wildman–Crippen LogP) is 4.27. The molecule has 0 radical (unpaired) electrons. The molecular formula is C12H21NP4. The van der Waals surface area contributed by atoms with Crippen LogP contribution in [0.15, 0.2) is 12.3 Å². The predicted molar refractivity (Wildman–Crippen MR) is 88.9 cm³/mol. The topological polar surface area (TPSA) is 12.9 Å². The maximum atomic E-state index is 4.59. The average Bonchev–Trinajstić information content (AvgIpc) is 2.37. The highest BCUT2D eigenvalue weighted by Gasteiger charge is 2.22. The fourth-order valence-corrected chi connectivity index (χ4v) is 6.54. The van der Waals surface area contributed by atoms with Gasteiger partial charge < -0.3 is 0 Å². The van der Waals surface area contributed by atoms with Crippen LogP contribution in [0.25, 0.3) is 0 Å². The van der Waals surface area contributed by atoms with Crippen molar-refractivity contribution in [3.63, 3.8) is 0 Å². The van der Waals surface area contributed by atoms with Gasteiger partial charge in [-0.2, -0.15) is 0 Å². The number of fused-ring (bicyclic) bond motifs is 1. The van der Waals surface area contributed by atoms with Gasteiger partial charge in [0.1, 0.15) is 0 Å². The molecule has 1 aliphatic rings. The summed E-state index contributed by atoms with van der Waals surface area (Å²) in [6, 6.07) is 2.25. The lowest BCUT2D eigenvalue weighted by molar-refractivity contribution is 0.419. The van der Waals surface area contributed by atoms with E-state index in [1.807, 2.05) is 6.20 Å². The van der Waals surface area contributed by atoms with Gasteiger partial charge in [-0.1, -0.05) is 27.7 Å². The number of hydrogen-bond acceptors (Lipinski definition) is 1. The highest BCUT2D eigenvalue weighted by Crippen LogP contribution is 2.65. The Morgan fingerprint density at radius 2 is 2.41 bits per heavy atom. The summed E-state index contributed by atoms with van der Waals surface area (Å²) < 4.78 is 0. The fourth-order valence-electron chi connectivity index (χ4n) is 2.64. The van der Waals surface area contributed by atoms with Crippen LogP contribution >= 0.6 is 33.1 Å². The third kappa shape index (κ3) is 3.45. The molecular weight excluding hydrogens is 282 g/mol. The molecule has 0 aromatic carbocycles. The van der Waals surface area contributed by atoms with Crippen molar-refractivity contribution in [2.45, 2.75) is 39.0 Å². The van der Waals surface area contributed by atoms with Crippen molar-refractivity contribution in [2.24, 2.45) is 5.92 Å². The number of pyridine rings is 1. The summed E-state index contributed by atoms with van der Waals surface area (Å²) in [5.74, 6) is 0.900. The van der Waals surface area contributed by atoms with Crippen LogP contribution < -0.4 is 5.30 Å². The van der Waals surface area contributed by atoms with Gasteiger partial charge in [0.2, 0.25) is 0 Å². The van der Waals surface area contributed by atoms with Crippen LogP contribution in [0.3, 0.4) is 0 Å². The molecule has 5 unspecified atom stereocenters. The van der Waals surface area contributed by atoms with E-state index in [0.29, 0.717) is 0 Å². The molecule has 0 saturated heterocycles. The molecule has 1 aromatic heterocycles. The Labute approximate surface area is 112 Å². The first-order valence-corrected chi connectivity index (χ1v) is 12.8. The second-order valence-corrected chi connectivity index (χ2v) is 13.8. The van der Waals surface area contributed by atoms with Gasteiger partial charge in [0.05, 0.1) is 0 Å². The minimum absolute atomic E-state index is 0.0490. The minimum Gasteiger partial charge on any atom is -0.261 e. The van der Waals surface area contributed by atoms with Crippen LogP contribution in [0, 0.1) is 5.92 Å². The summed E-state index contributed by atoms with van der Waals surface area (Å²) in [5, 5.41) is 1.59. The third-order valence-electron chi connectivity index (χ3n) is 3.50. The van der Waals surface area contributed by atoms with Crippen LogP contribution in [0.1, 0.15) is 37.4 Å². The SMILES string of the molecule is CCCC1CCc2nccc(P(P)PP)c2C1. The highest BCUT2D eigenvalue weighted by molar-refractivity contribution is 8.63. The largest absolute Gasteiger partial charge is 0.261 e. The summed E-state index contributed by atoms with van der Waals surface area (Å²) in [5.41, 5.74) is 2.97. The molecule has 0 amide bonds. The molecule has 0 bridgehead atoms. The molecule has 2 rings (SSSR count). The fraction of sp³-hybridized carbons (Fsp3) is 0.583. The van der Waals surface area contributed by atoms with Crippen LogP contribution in [-0.4, -0.2) is 4.98 Å². The molecule has 17 heavy (non-hydrogen) atoms. The van der Waals surface area contributed by atoms with E-state index in [-0.39, 0.29) is 7.30 Å². The maximum absolute atomic E-state index is 4.59. The van der Waals surface area contributed by atoms with Crippen LogP contribution in [-0.2, 0) is 12.8 Å². The maximum Gasteiger partial charge on any atom is 0.0442 e. The Hall–Kier alpha value is 0.870. The van der Waals surface area contributed by atoms with Gasteiger partial charge in [0, 0.05) is 11.9 Å². The second-order valence-electron chi connectivity index (χ2n) is 4.65. The Morgan fingerprint density at radius 1 is 1.59 bits per heavy atom. The molecule has 0 aliphatic heterocycles. The third-order valence-corrected chi connectivity index (χ3v) is 13.6. The smallest absolute Gasteiger partial charge is 0.0442 e. The van der Waals surface area contributed by atoms with Crippen molar-refractivity contribution in [3.8, 4) is 0 Å². The van der Waals surface area contributed by atoms with Crippen molar-refractivity contribution >= 4 is 38.4 Å². The average molecular weight is 303 g/mol. The van der Waals surface area contributed by atoms with Gasteiger partial charge in [0.25, 0.3) is 0 Å². The van der Waals surface area contributed by atoms with E-state index in [1.54, 1.807) is 10.9 Å². The minimum atomic E-state index is -0.0490. The summed E-state index contributed by atoms with van der Waals surface area (Å²) in [6.07, 6.45) is 8.52. The Kier molecular flexibility index (Phi) is 5.77. The molecule has 1 aliphatic carbocycles. The van der Waals surface area contributed by atoms with Crippen molar-refractivity contribution in [1.82, 2.24) is 4.98 Å². The lowest BCUT2D eigenvalue weighted by Gasteiger charge is -2.27. The van der Waals surface area contributed by atoms with E-state index in [1.165, 1.54) is 37.8 Å². The molecule has 1 aromatic rings. The lowest BCUT2D eigenvalue weighted by Crippen LogP contribution is -2.21. The molecule has 94 valence electrons. The summed E-state index contributed by atoms with van der Waals surface area (Å²) >= 11 is 0. The molecule has 0 spiro atoms. The van der Waals surface area contributed by atoms with E-state index in [9.17, 15) is 0 Å². The summed E-state index contributed by atoms with van der Waals surface area (Å²) in [7, 11) is 6.84. The van der Waals surface area contributed by atoms with Gasteiger partial charge in [-0.3, -0.25) is 4.98 Å². The molecule has 5 atom stereocenters. The highest BCUT2D eigenvalue weighted by atomic mass is 32.6. The van der Waals surface area contributed by atoms with Crippen molar-refractivity contribution < 1.29 is 0 Å². The van der Waals surface area contributed by atoms with E-state index >= 15 is 0 Å². The zero-order valence-electron chi connectivity index (χ0n) is 10.3. The van der Waals surface area contributed by atoms with E-state index < -0.39 is 0 Å². The van der Waals surface area contributed by atoms with Gasteiger partial charge in [-0.15, -0.1) is 17.9 Å². The van der Waals surface area contributed by atoms with Gasteiger partial charge in [0.15, 0.2) is 0 Å². The standard InChI is InChI=1S/C12H21NP4/c1-2-3-9-4-5-11-10(8-9)12(6-7-13-11)17(15)16-14/h6-7,9,16H,2-5,8,14-15H2,1H3. The van der Waals surface area contributed by atoms with Crippen LogP contribution in [0.5, 0.6) is 0 Å². The quantitative estimate of drug-likeness (QED) is 0.757. The number of rotatable bonds is 4.